The summed E-state index contributed by atoms with van der Waals surface area (Å²) in [5, 5.41) is 9.42. The van der Waals surface area contributed by atoms with E-state index in [-0.39, 0.29) is 11.5 Å². The normalized spacial score (nSPS) is 14.1. The van der Waals surface area contributed by atoms with Gasteiger partial charge in [0.1, 0.15) is 0 Å². The summed E-state index contributed by atoms with van der Waals surface area (Å²) in [7, 11) is 0. The molecule has 0 aliphatic rings. The third-order valence-electron chi connectivity index (χ3n) is 2.61. The summed E-state index contributed by atoms with van der Waals surface area (Å²) < 4.78 is 0. The standard InChI is InChI=1S/C13H20O/c1-10-6-5-7-12(8-10)13(3,4)9-11(2)14/h5-8,11,14H,9H2,1-4H3. The van der Waals surface area contributed by atoms with Crippen LogP contribution in [0.15, 0.2) is 24.3 Å². The molecule has 0 fully saturated rings. The van der Waals surface area contributed by atoms with Gasteiger partial charge in [0.15, 0.2) is 0 Å². The first-order valence-electron chi connectivity index (χ1n) is 5.17. The fraction of sp³-hybridized carbons (Fsp3) is 0.538. The third-order valence-corrected chi connectivity index (χ3v) is 2.61. The first-order valence-corrected chi connectivity index (χ1v) is 5.17. The van der Waals surface area contributed by atoms with E-state index in [9.17, 15) is 5.11 Å². The minimum absolute atomic E-state index is 0.0557. The van der Waals surface area contributed by atoms with E-state index < -0.39 is 0 Å². The van der Waals surface area contributed by atoms with E-state index in [1.54, 1.807) is 0 Å². The van der Waals surface area contributed by atoms with Crippen LogP contribution >= 0.6 is 0 Å². The monoisotopic (exact) mass is 192 g/mol. The second-order valence-corrected chi connectivity index (χ2v) is 4.81. The highest BCUT2D eigenvalue weighted by Gasteiger charge is 2.22. The van der Waals surface area contributed by atoms with Crippen molar-refractivity contribution in [2.75, 3.05) is 0 Å². The van der Waals surface area contributed by atoms with Crippen molar-refractivity contribution in [3.63, 3.8) is 0 Å². The van der Waals surface area contributed by atoms with Crippen molar-refractivity contribution in [1.29, 1.82) is 0 Å². The number of benzene rings is 1. The van der Waals surface area contributed by atoms with Gasteiger partial charge in [0.25, 0.3) is 0 Å². The van der Waals surface area contributed by atoms with Gasteiger partial charge in [-0.2, -0.15) is 0 Å². The molecular formula is C13H20O. The van der Waals surface area contributed by atoms with Crippen molar-refractivity contribution in [1.82, 2.24) is 0 Å². The molecule has 1 N–H and O–H groups in total. The Morgan fingerprint density at radius 3 is 2.50 bits per heavy atom. The molecule has 1 rings (SSSR count). The Morgan fingerprint density at radius 1 is 1.36 bits per heavy atom. The highest BCUT2D eigenvalue weighted by atomic mass is 16.3. The Labute approximate surface area is 86.8 Å². The molecule has 0 bridgehead atoms. The fourth-order valence-electron chi connectivity index (χ4n) is 1.92. The van der Waals surface area contributed by atoms with Crippen LogP contribution in [0.1, 0.15) is 38.3 Å². The van der Waals surface area contributed by atoms with E-state index in [4.69, 9.17) is 0 Å². The van der Waals surface area contributed by atoms with E-state index >= 15 is 0 Å². The molecule has 1 nitrogen and oxygen atoms in total. The second-order valence-electron chi connectivity index (χ2n) is 4.81. The maximum atomic E-state index is 9.42. The Hall–Kier alpha value is -0.820. The third kappa shape index (κ3) is 2.85. The smallest absolute Gasteiger partial charge is 0.0520 e. The molecule has 78 valence electrons. The summed E-state index contributed by atoms with van der Waals surface area (Å²) in [6.07, 6.45) is 0.557. The second kappa shape index (κ2) is 4.14. The van der Waals surface area contributed by atoms with Gasteiger partial charge in [-0.05, 0) is 31.2 Å². The zero-order valence-corrected chi connectivity index (χ0v) is 9.54. The molecule has 1 heteroatoms. The lowest BCUT2D eigenvalue weighted by atomic mass is 9.79. The van der Waals surface area contributed by atoms with Crippen molar-refractivity contribution >= 4 is 0 Å². The molecule has 0 amide bonds. The van der Waals surface area contributed by atoms with E-state index in [1.165, 1.54) is 11.1 Å². The van der Waals surface area contributed by atoms with Crippen LogP contribution in [0.25, 0.3) is 0 Å². The van der Waals surface area contributed by atoms with Gasteiger partial charge >= 0.3 is 0 Å². The quantitative estimate of drug-likeness (QED) is 0.780. The minimum Gasteiger partial charge on any atom is -0.393 e. The number of hydrogen-bond donors (Lipinski definition) is 1. The Balaban J connectivity index is 2.91. The average Bonchev–Trinajstić information content (AvgIpc) is 2.01. The molecule has 1 aromatic rings. The van der Waals surface area contributed by atoms with Crippen molar-refractivity contribution in [3.8, 4) is 0 Å². The SMILES string of the molecule is Cc1cccc(C(C)(C)CC(C)O)c1. The van der Waals surface area contributed by atoms with Crippen LogP contribution < -0.4 is 0 Å². The zero-order valence-electron chi connectivity index (χ0n) is 9.54. The number of hydrogen-bond acceptors (Lipinski definition) is 1. The van der Waals surface area contributed by atoms with Gasteiger partial charge < -0.3 is 5.11 Å². The Bertz CT molecular complexity index is 300. The lowest BCUT2D eigenvalue weighted by Gasteiger charge is -2.27. The molecule has 0 saturated carbocycles. The summed E-state index contributed by atoms with van der Waals surface area (Å²) in [4.78, 5) is 0. The lowest BCUT2D eigenvalue weighted by Crippen LogP contribution is -2.22. The van der Waals surface area contributed by atoms with Crippen LogP contribution in [-0.4, -0.2) is 11.2 Å². The van der Waals surface area contributed by atoms with Gasteiger partial charge in [0.05, 0.1) is 6.10 Å². The van der Waals surface area contributed by atoms with Crippen LogP contribution in [-0.2, 0) is 5.41 Å². The Morgan fingerprint density at radius 2 is 2.00 bits per heavy atom. The molecule has 1 aromatic carbocycles. The molecule has 0 aliphatic carbocycles. The average molecular weight is 192 g/mol. The summed E-state index contributed by atoms with van der Waals surface area (Å²) in [6.45, 7) is 8.29. The highest BCUT2D eigenvalue weighted by molar-refractivity contribution is 5.28. The summed E-state index contributed by atoms with van der Waals surface area (Å²) >= 11 is 0. The molecule has 14 heavy (non-hydrogen) atoms. The van der Waals surface area contributed by atoms with Gasteiger partial charge in [0, 0.05) is 0 Å². The van der Waals surface area contributed by atoms with Crippen LogP contribution in [0.3, 0.4) is 0 Å². The molecule has 0 radical (unpaired) electrons. The molecule has 0 spiro atoms. The van der Waals surface area contributed by atoms with E-state index in [1.807, 2.05) is 6.92 Å². The van der Waals surface area contributed by atoms with Gasteiger partial charge in [-0.1, -0.05) is 43.7 Å². The predicted octanol–water partition coefficient (Wildman–Crippen LogP) is 3.04. The van der Waals surface area contributed by atoms with E-state index in [0.29, 0.717) is 0 Å². The summed E-state index contributed by atoms with van der Waals surface area (Å²) in [5.74, 6) is 0. The number of aliphatic hydroxyl groups is 1. The van der Waals surface area contributed by atoms with Crippen molar-refractivity contribution in [2.24, 2.45) is 0 Å². The summed E-state index contributed by atoms with van der Waals surface area (Å²) in [6, 6.07) is 8.51. The molecule has 0 aliphatic heterocycles. The van der Waals surface area contributed by atoms with E-state index in [2.05, 4.69) is 45.0 Å². The van der Waals surface area contributed by atoms with Crippen molar-refractivity contribution in [2.45, 2.75) is 45.6 Å². The van der Waals surface area contributed by atoms with Gasteiger partial charge in [-0.15, -0.1) is 0 Å². The molecule has 0 aromatic heterocycles. The largest absolute Gasteiger partial charge is 0.393 e. The summed E-state index contributed by atoms with van der Waals surface area (Å²) in [5.41, 5.74) is 2.64. The van der Waals surface area contributed by atoms with Crippen LogP contribution in [0.5, 0.6) is 0 Å². The highest BCUT2D eigenvalue weighted by Crippen LogP contribution is 2.28. The van der Waals surface area contributed by atoms with Gasteiger partial charge in [0.2, 0.25) is 0 Å². The van der Waals surface area contributed by atoms with Crippen LogP contribution in [0.4, 0.5) is 0 Å². The van der Waals surface area contributed by atoms with Crippen LogP contribution in [0.2, 0.25) is 0 Å². The molecule has 1 atom stereocenters. The molecule has 1 unspecified atom stereocenters. The first kappa shape index (κ1) is 11.3. The zero-order chi connectivity index (χ0) is 10.8. The van der Waals surface area contributed by atoms with Gasteiger partial charge in [-0.25, -0.2) is 0 Å². The first-order chi connectivity index (χ1) is 6.42. The topological polar surface area (TPSA) is 20.2 Å². The number of aliphatic hydroxyl groups excluding tert-OH is 1. The maximum absolute atomic E-state index is 9.42. The Kier molecular flexibility index (Phi) is 3.33. The number of aryl methyl sites for hydroxylation is 1. The lowest BCUT2D eigenvalue weighted by molar-refractivity contribution is 0.157. The molecular weight excluding hydrogens is 172 g/mol. The van der Waals surface area contributed by atoms with E-state index in [0.717, 1.165) is 6.42 Å². The van der Waals surface area contributed by atoms with Crippen molar-refractivity contribution in [3.05, 3.63) is 35.4 Å². The number of rotatable bonds is 3. The van der Waals surface area contributed by atoms with Crippen molar-refractivity contribution < 1.29 is 5.11 Å². The van der Waals surface area contributed by atoms with Crippen LogP contribution in [0, 0.1) is 6.92 Å². The maximum Gasteiger partial charge on any atom is 0.0520 e. The predicted molar refractivity (Wildman–Crippen MR) is 60.5 cm³/mol. The van der Waals surface area contributed by atoms with Gasteiger partial charge in [-0.3, -0.25) is 0 Å². The fourth-order valence-corrected chi connectivity index (χ4v) is 1.92. The molecule has 0 heterocycles. The minimum atomic E-state index is -0.245. The molecule has 0 saturated heterocycles.